The van der Waals surface area contributed by atoms with Crippen molar-refractivity contribution >= 4 is 23.1 Å². The van der Waals surface area contributed by atoms with Crippen LogP contribution in [0.4, 0.5) is 0 Å². The van der Waals surface area contributed by atoms with Crippen LogP contribution < -0.4 is 15.9 Å². The number of nitrogens with zero attached hydrogens (tertiary/aromatic N) is 1. The van der Waals surface area contributed by atoms with Crippen molar-refractivity contribution in [1.82, 2.24) is 4.98 Å². The average Bonchev–Trinajstić information content (AvgIpc) is 2.80. The molecule has 0 amide bonds. The Bertz CT molecular complexity index is 1090. The van der Waals surface area contributed by atoms with E-state index in [1.807, 2.05) is 97.2 Å². The molecule has 29 heavy (non-hydrogen) atoms. The Morgan fingerprint density at radius 1 is 0.690 bits per heavy atom. The topological polar surface area (TPSA) is 30.0 Å². The van der Waals surface area contributed by atoms with E-state index in [9.17, 15) is 4.57 Å². The summed E-state index contributed by atoms with van der Waals surface area (Å²) >= 11 is 0. The van der Waals surface area contributed by atoms with Gasteiger partial charge in [-0.1, -0.05) is 98.8 Å². The highest BCUT2D eigenvalue weighted by Crippen LogP contribution is 2.42. The van der Waals surface area contributed by atoms with Crippen LogP contribution in [0.2, 0.25) is 0 Å². The lowest BCUT2D eigenvalue weighted by molar-refractivity contribution is 0.592. The summed E-state index contributed by atoms with van der Waals surface area (Å²) in [4.78, 5) is 4.65. The zero-order valence-corrected chi connectivity index (χ0v) is 17.6. The maximum absolute atomic E-state index is 14.5. The van der Waals surface area contributed by atoms with E-state index >= 15 is 0 Å². The van der Waals surface area contributed by atoms with Gasteiger partial charge >= 0.3 is 0 Å². The van der Waals surface area contributed by atoms with Crippen LogP contribution in [0.5, 0.6) is 0 Å². The van der Waals surface area contributed by atoms with Crippen LogP contribution in [-0.2, 0) is 4.57 Å². The van der Waals surface area contributed by atoms with Gasteiger partial charge in [0.05, 0.1) is 5.69 Å². The first-order valence-corrected chi connectivity index (χ1v) is 11.6. The fourth-order valence-electron chi connectivity index (χ4n) is 3.50. The predicted octanol–water partition coefficient (Wildman–Crippen LogP) is 5.51. The van der Waals surface area contributed by atoms with E-state index < -0.39 is 7.14 Å². The molecule has 0 aliphatic rings. The highest BCUT2D eigenvalue weighted by Gasteiger charge is 2.29. The first-order chi connectivity index (χ1) is 14.1. The molecule has 144 valence electrons. The van der Waals surface area contributed by atoms with E-state index in [1.165, 1.54) is 5.56 Å². The minimum Gasteiger partial charge on any atom is -0.309 e. The van der Waals surface area contributed by atoms with Crippen LogP contribution in [0, 0.1) is 0 Å². The van der Waals surface area contributed by atoms with Crippen molar-refractivity contribution in [2.45, 2.75) is 19.8 Å². The lowest BCUT2D eigenvalue weighted by atomic mass is 10.0. The molecular formula is C26H24NOP. The summed E-state index contributed by atoms with van der Waals surface area (Å²) in [6, 6.07) is 31.7. The first kappa shape index (κ1) is 19.4. The summed E-state index contributed by atoms with van der Waals surface area (Å²) in [5.41, 5.74) is 3.08. The van der Waals surface area contributed by atoms with Crippen molar-refractivity contribution in [3.8, 4) is 11.3 Å². The Morgan fingerprint density at radius 3 is 1.79 bits per heavy atom. The molecule has 2 nitrogen and oxygen atoms in total. The number of hydrogen-bond acceptors (Lipinski definition) is 2. The molecule has 0 fully saturated rings. The van der Waals surface area contributed by atoms with Crippen LogP contribution in [0.3, 0.4) is 0 Å². The Morgan fingerprint density at radius 2 is 1.28 bits per heavy atom. The van der Waals surface area contributed by atoms with Gasteiger partial charge in [-0.25, -0.2) is 0 Å². The molecule has 0 aliphatic heterocycles. The van der Waals surface area contributed by atoms with E-state index in [-0.39, 0.29) is 0 Å². The van der Waals surface area contributed by atoms with E-state index in [0.29, 0.717) is 5.92 Å². The molecule has 1 aromatic heterocycles. The van der Waals surface area contributed by atoms with Gasteiger partial charge in [0, 0.05) is 27.7 Å². The van der Waals surface area contributed by atoms with Gasteiger partial charge in [-0.3, -0.25) is 4.98 Å². The Balaban J connectivity index is 1.85. The lowest BCUT2D eigenvalue weighted by Crippen LogP contribution is -2.25. The third-order valence-corrected chi connectivity index (χ3v) is 8.25. The first-order valence-electron chi connectivity index (χ1n) is 9.87. The molecule has 0 saturated carbocycles. The Kier molecular flexibility index (Phi) is 5.47. The van der Waals surface area contributed by atoms with Gasteiger partial charge in [0.25, 0.3) is 0 Å². The van der Waals surface area contributed by atoms with E-state index in [1.54, 1.807) is 0 Å². The summed E-state index contributed by atoms with van der Waals surface area (Å²) in [7, 11) is -2.98. The second kappa shape index (κ2) is 8.19. The van der Waals surface area contributed by atoms with Crippen LogP contribution >= 0.6 is 7.14 Å². The van der Waals surface area contributed by atoms with E-state index in [2.05, 4.69) is 24.9 Å². The van der Waals surface area contributed by atoms with Crippen molar-refractivity contribution in [2.75, 3.05) is 0 Å². The minimum absolute atomic E-state index is 0.444. The summed E-state index contributed by atoms with van der Waals surface area (Å²) < 4.78 is 14.5. The molecule has 0 bridgehead atoms. The SMILES string of the molecule is CC(C)c1ccc(-c2cccc(P(=O)(c3ccccc3)c3ccccc3)c2)nc1. The molecular weight excluding hydrogens is 373 g/mol. The maximum atomic E-state index is 14.5. The monoisotopic (exact) mass is 397 g/mol. The average molecular weight is 397 g/mol. The van der Waals surface area contributed by atoms with Crippen molar-refractivity contribution in [3.63, 3.8) is 0 Å². The van der Waals surface area contributed by atoms with Crippen molar-refractivity contribution in [1.29, 1.82) is 0 Å². The smallest absolute Gasteiger partial charge is 0.171 e. The van der Waals surface area contributed by atoms with Gasteiger partial charge in [-0.15, -0.1) is 0 Å². The summed E-state index contributed by atoms with van der Waals surface area (Å²) in [5, 5.41) is 2.50. The number of benzene rings is 3. The number of pyridine rings is 1. The van der Waals surface area contributed by atoms with Gasteiger partial charge in [0.1, 0.15) is 0 Å². The van der Waals surface area contributed by atoms with Crippen molar-refractivity contribution in [3.05, 3.63) is 109 Å². The standard InChI is InChI=1S/C26H24NOP/c1-20(2)22-16-17-26(27-19-22)21-10-9-15-25(18-21)29(28,23-11-5-3-6-12-23)24-13-7-4-8-14-24/h3-20H,1-2H3. The fraction of sp³-hybridized carbons (Fsp3) is 0.115. The second-order valence-electron chi connectivity index (χ2n) is 7.46. The Labute approximate surface area is 172 Å². The van der Waals surface area contributed by atoms with Crippen LogP contribution in [0.15, 0.2) is 103 Å². The second-order valence-corrected chi connectivity index (χ2v) is 10.2. The minimum atomic E-state index is -2.98. The molecule has 0 spiro atoms. The van der Waals surface area contributed by atoms with Gasteiger partial charge in [0.15, 0.2) is 7.14 Å². The van der Waals surface area contributed by atoms with Gasteiger partial charge in [-0.05, 0) is 23.6 Å². The zero-order valence-electron chi connectivity index (χ0n) is 16.7. The molecule has 0 atom stereocenters. The van der Waals surface area contributed by atoms with Crippen molar-refractivity contribution < 1.29 is 4.57 Å². The Hall–Kier alpha value is -2.96. The number of rotatable bonds is 5. The predicted molar refractivity (Wildman–Crippen MR) is 123 cm³/mol. The zero-order chi connectivity index (χ0) is 20.3. The quantitative estimate of drug-likeness (QED) is 0.416. The largest absolute Gasteiger partial charge is 0.309 e. The molecule has 0 radical (unpaired) electrons. The van der Waals surface area contributed by atoms with Crippen LogP contribution in [0.1, 0.15) is 25.3 Å². The van der Waals surface area contributed by atoms with E-state index in [0.717, 1.165) is 27.2 Å². The molecule has 0 saturated heterocycles. The summed E-state index contributed by atoms with van der Waals surface area (Å²) in [6.07, 6.45) is 1.93. The maximum Gasteiger partial charge on any atom is 0.171 e. The molecule has 4 rings (SSSR count). The molecule has 0 unspecified atom stereocenters. The molecule has 0 aliphatic carbocycles. The normalized spacial score (nSPS) is 11.6. The number of aromatic nitrogens is 1. The highest BCUT2D eigenvalue weighted by molar-refractivity contribution is 7.85. The van der Waals surface area contributed by atoms with Gasteiger partial charge in [-0.2, -0.15) is 0 Å². The van der Waals surface area contributed by atoms with Crippen molar-refractivity contribution in [2.24, 2.45) is 0 Å². The van der Waals surface area contributed by atoms with Crippen LogP contribution in [-0.4, -0.2) is 4.98 Å². The van der Waals surface area contributed by atoms with Gasteiger partial charge in [0.2, 0.25) is 0 Å². The molecule has 3 heteroatoms. The molecule has 3 aromatic carbocycles. The third-order valence-electron chi connectivity index (χ3n) is 5.20. The fourth-order valence-corrected chi connectivity index (χ4v) is 6.20. The third kappa shape index (κ3) is 3.81. The van der Waals surface area contributed by atoms with Gasteiger partial charge < -0.3 is 4.57 Å². The summed E-state index contributed by atoms with van der Waals surface area (Å²) in [5.74, 6) is 0.444. The van der Waals surface area contributed by atoms with E-state index in [4.69, 9.17) is 0 Å². The molecule has 0 N–H and O–H groups in total. The van der Waals surface area contributed by atoms with Crippen LogP contribution in [0.25, 0.3) is 11.3 Å². The highest BCUT2D eigenvalue weighted by atomic mass is 31.2. The molecule has 4 aromatic rings. The number of hydrogen-bond donors (Lipinski definition) is 0. The summed E-state index contributed by atoms with van der Waals surface area (Å²) in [6.45, 7) is 4.32. The molecule has 1 heterocycles. The lowest BCUT2D eigenvalue weighted by Gasteiger charge is -2.20.